The van der Waals surface area contributed by atoms with Crippen LogP contribution in [-0.4, -0.2) is 31.2 Å². The molecule has 22 heavy (non-hydrogen) atoms. The number of hydrogen-bond donors (Lipinski definition) is 2. The van der Waals surface area contributed by atoms with Crippen LogP contribution in [-0.2, 0) is 4.79 Å². The number of amides is 1. The summed E-state index contributed by atoms with van der Waals surface area (Å²) in [4.78, 5) is 23.3. The van der Waals surface area contributed by atoms with Gasteiger partial charge in [0.25, 0.3) is 0 Å². The number of carbonyl (C=O) groups is 2. The van der Waals surface area contributed by atoms with Gasteiger partial charge in [-0.3, -0.25) is 4.79 Å². The molecule has 1 rings (SSSR count). The lowest BCUT2D eigenvalue weighted by molar-refractivity contribution is -0.117. The first-order valence-electron chi connectivity index (χ1n) is 7.25. The van der Waals surface area contributed by atoms with Crippen LogP contribution in [0.15, 0.2) is 12.1 Å². The second-order valence-electron chi connectivity index (χ2n) is 5.00. The molecule has 1 amide bonds. The lowest BCUT2D eigenvalue weighted by Crippen LogP contribution is -2.17. The minimum absolute atomic E-state index is 0.0236. The van der Waals surface area contributed by atoms with Crippen LogP contribution >= 0.6 is 0 Å². The molecule has 0 saturated carbocycles. The molecule has 0 radical (unpaired) electrons. The molecule has 0 heterocycles. The van der Waals surface area contributed by atoms with Gasteiger partial charge in [-0.2, -0.15) is 0 Å². The van der Waals surface area contributed by atoms with Gasteiger partial charge < -0.3 is 19.9 Å². The zero-order chi connectivity index (χ0) is 16.7. The van der Waals surface area contributed by atoms with Crippen LogP contribution in [0.2, 0.25) is 0 Å². The Morgan fingerprint density at radius 3 is 2.27 bits per heavy atom. The minimum Gasteiger partial charge on any atom is -0.493 e. The van der Waals surface area contributed by atoms with Crippen molar-refractivity contribution >= 4 is 17.6 Å². The molecule has 122 valence electrons. The molecule has 6 heteroatoms. The molecule has 0 aliphatic heterocycles. The van der Waals surface area contributed by atoms with Crippen LogP contribution in [0.1, 0.15) is 43.5 Å². The van der Waals surface area contributed by atoms with E-state index in [1.54, 1.807) is 0 Å². The zero-order valence-corrected chi connectivity index (χ0v) is 13.4. The minimum atomic E-state index is -1.10. The SMILES string of the molecule is CCC(CC)CC(=O)Nc1cc(C(=O)O)cc(OC)c1OC. The Labute approximate surface area is 130 Å². The summed E-state index contributed by atoms with van der Waals surface area (Å²) in [7, 11) is 2.86. The van der Waals surface area contributed by atoms with Crippen molar-refractivity contribution in [3.8, 4) is 11.5 Å². The van der Waals surface area contributed by atoms with Crippen molar-refractivity contribution < 1.29 is 24.2 Å². The van der Waals surface area contributed by atoms with Crippen molar-refractivity contribution in [2.75, 3.05) is 19.5 Å². The van der Waals surface area contributed by atoms with Gasteiger partial charge in [0, 0.05) is 6.42 Å². The first-order chi connectivity index (χ1) is 10.5. The number of hydrogen-bond acceptors (Lipinski definition) is 4. The van der Waals surface area contributed by atoms with Gasteiger partial charge in [-0.25, -0.2) is 4.79 Å². The summed E-state index contributed by atoms with van der Waals surface area (Å²) in [5, 5.41) is 11.9. The number of rotatable bonds is 8. The molecule has 0 spiro atoms. The predicted octanol–water partition coefficient (Wildman–Crippen LogP) is 3.17. The van der Waals surface area contributed by atoms with E-state index in [0.717, 1.165) is 12.8 Å². The third-order valence-corrected chi connectivity index (χ3v) is 3.63. The zero-order valence-electron chi connectivity index (χ0n) is 13.4. The van der Waals surface area contributed by atoms with Gasteiger partial charge in [0.1, 0.15) is 0 Å². The molecule has 0 aliphatic carbocycles. The Morgan fingerprint density at radius 2 is 1.82 bits per heavy atom. The largest absolute Gasteiger partial charge is 0.493 e. The highest BCUT2D eigenvalue weighted by molar-refractivity contribution is 5.96. The van der Waals surface area contributed by atoms with E-state index in [9.17, 15) is 9.59 Å². The van der Waals surface area contributed by atoms with E-state index in [2.05, 4.69) is 5.32 Å². The average Bonchev–Trinajstić information content (AvgIpc) is 2.51. The summed E-state index contributed by atoms with van der Waals surface area (Å²) in [5.41, 5.74) is 0.325. The normalized spacial score (nSPS) is 10.4. The van der Waals surface area contributed by atoms with Gasteiger partial charge >= 0.3 is 5.97 Å². The van der Waals surface area contributed by atoms with Gasteiger partial charge in [0.05, 0.1) is 25.5 Å². The molecule has 1 aromatic rings. The quantitative estimate of drug-likeness (QED) is 0.770. The second kappa shape index (κ2) is 8.26. The Bertz CT molecular complexity index is 538. The van der Waals surface area contributed by atoms with E-state index in [0.29, 0.717) is 23.8 Å². The highest BCUT2D eigenvalue weighted by Crippen LogP contribution is 2.36. The van der Waals surface area contributed by atoms with Crippen LogP contribution in [0.3, 0.4) is 0 Å². The second-order valence-corrected chi connectivity index (χ2v) is 5.00. The van der Waals surface area contributed by atoms with Crippen LogP contribution in [0.4, 0.5) is 5.69 Å². The van der Waals surface area contributed by atoms with E-state index < -0.39 is 5.97 Å². The lowest BCUT2D eigenvalue weighted by atomic mass is 9.99. The maximum absolute atomic E-state index is 12.1. The molecule has 0 atom stereocenters. The van der Waals surface area contributed by atoms with Gasteiger partial charge in [0.15, 0.2) is 11.5 Å². The average molecular weight is 309 g/mol. The summed E-state index contributed by atoms with van der Waals surface area (Å²) in [6, 6.07) is 2.73. The summed E-state index contributed by atoms with van der Waals surface area (Å²) < 4.78 is 10.4. The Morgan fingerprint density at radius 1 is 1.18 bits per heavy atom. The molecule has 6 nitrogen and oxygen atoms in total. The number of nitrogens with one attached hydrogen (secondary N) is 1. The fourth-order valence-corrected chi connectivity index (χ4v) is 2.22. The first kappa shape index (κ1) is 17.8. The molecule has 0 bridgehead atoms. The van der Waals surface area contributed by atoms with E-state index in [1.807, 2.05) is 13.8 Å². The van der Waals surface area contributed by atoms with E-state index in [4.69, 9.17) is 14.6 Å². The maximum atomic E-state index is 12.1. The lowest BCUT2D eigenvalue weighted by Gasteiger charge is -2.16. The number of aromatic carboxylic acids is 1. The molecule has 0 aliphatic rings. The molecule has 0 fully saturated rings. The summed E-state index contributed by atoms with van der Waals surface area (Å²) in [6.07, 6.45) is 2.22. The number of carboxylic acid groups (broad SMARTS) is 1. The van der Waals surface area contributed by atoms with Crippen molar-refractivity contribution in [2.24, 2.45) is 5.92 Å². The Kier molecular flexibility index (Phi) is 6.69. The van der Waals surface area contributed by atoms with Crippen LogP contribution < -0.4 is 14.8 Å². The van der Waals surface area contributed by atoms with Gasteiger partial charge in [-0.05, 0) is 18.1 Å². The number of carbonyl (C=O) groups excluding carboxylic acids is 1. The van der Waals surface area contributed by atoms with Crippen molar-refractivity contribution in [1.82, 2.24) is 0 Å². The molecule has 0 unspecified atom stereocenters. The molecular weight excluding hydrogens is 286 g/mol. The molecule has 2 N–H and O–H groups in total. The standard InChI is InChI=1S/C16H23NO5/c1-5-10(6-2)7-14(18)17-12-8-11(16(19)20)9-13(21-3)15(12)22-4/h8-10H,5-7H2,1-4H3,(H,17,18)(H,19,20). The third kappa shape index (κ3) is 4.38. The van der Waals surface area contributed by atoms with Crippen molar-refractivity contribution in [3.63, 3.8) is 0 Å². The highest BCUT2D eigenvalue weighted by Gasteiger charge is 2.18. The number of methoxy groups -OCH3 is 2. The molecule has 0 saturated heterocycles. The fraction of sp³-hybridized carbons (Fsp3) is 0.500. The van der Waals surface area contributed by atoms with Crippen LogP contribution in [0, 0.1) is 5.92 Å². The summed E-state index contributed by atoms with van der Waals surface area (Å²) >= 11 is 0. The Balaban J connectivity index is 3.08. The van der Waals surface area contributed by atoms with E-state index >= 15 is 0 Å². The number of carboxylic acids is 1. The van der Waals surface area contributed by atoms with Crippen LogP contribution in [0.25, 0.3) is 0 Å². The number of benzene rings is 1. The van der Waals surface area contributed by atoms with Gasteiger partial charge in [0.2, 0.25) is 5.91 Å². The number of anilines is 1. The van der Waals surface area contributed by atoms with Crippen molar-refractivity contribution in [2.45, 2.75) is 33.1 Å². The van der Waals surface area contributed by atoms with Gasteiger partial charge in [-0.1, -0.05) is 26.7 Å². The van der Waals surface area contributed by atoms with Crippen molar-refractivity contribution in [3.05, 3.63) is 17.7 Å². The topological polar surface area (TPSA) is 84.9 Å². The molecule has 1 aromatic carbocycles. The molecular formula is C16H23NO5. The summed E-state index contributed by atoms with van der Waals surface area (Å²) in [6.45, 7) is 4.08. The van der Waals surface area contributed by atoms with Crippen LogP contribution in [0.5, 0.6) is 11.5 Å². The highest BCUT2D eigenvalue weighted by atomic mass is 16.5. The maximum Gasteiger partial charge on any atom is 0.335 e. The fourth-order valence-electron chi connectivity index (χ4n) is 2.22. The van der Waals surface area contributed by atoms with Crippen molar-refractivity contribution in [1.29, 1.82) is 0 Å². The molecule has 0 aromatic heterocycles. The predicted molar refractivity (Wildman–Crippen MR) is 83.8 cm³/mol. The Hall–Kier alpha value is -2.24. The smallest absolute Gasteiger partial charge is 0.335 e. The van der Waals surface area contributed by atoms with E-state index in [-0.39, 0.29) is 17.2 Å². The first-order valence-corrected chi connectivity index (χ1v) is 7.25. The number of ether oxygens (including phenoxy) is 2. The monoisotopic (exact) mass is 309 g/mol. The van der Waals surface area contributed by atoms with E-state index in [1.165, 1.54) is 26.4 Å². The van der Waals surface area contributed by atoms with Gasteiger partial charge in [-0.15, -0.1) is 0 Å². The third-order valence-electron chi connectivity index (χ3n) is 3.63. The summed E-state index contributed by atoms with van der Waals surface area (Å²) in [5.74, 6) is -0.394.